The third-order valence-corrected chi connectivity index (χ3v) is 4.91. The van der Waals surface area contributed by atoms with Gasteiger partial charge in [-0.05, 0) is 29.2 Å². The summed E-state index contributed by atoms with van der Waals surface area (Å²) in [6, 6.07) is 15.9. The summed E-state index contributed by atoms with van der Waals surface area (Å²) in [5.41, 5.74) is 4.57. The highest BCUT2D eigenvalue weighted by Crippen LogP contribution is 2.45. The van der Waals surface area contributed by atoms with E-state index in [0.29, 0.717) is 5.06 Å². The Hall–Kier alpha value is -3.15. The quantitative estimate of drug-likeness (QED) is 0.864. The van der Waals surface area contributed by atoms with Crippen LogP contribution in [0.2, 0.25) is 0 Å². The van der Waals surface area contributed by atoms with E-state index in [-0.39, 0.29) is 24.8 Å². The fraction of sp³-hybridized carbons (Fsp3) is 0.250. The van der Waals surface area contributed by atoms with Crippen molar-refractivity contribution in [1.29, 1.82) is 0 Å². The molecule has 1 atom stereocenters. The molecule has 2 aromatic carbocycles. The van der Waals surface area contributed by atoms with E-state index >= 15 is 0 Å². The zero-order valence-corrected chi connectivity index (χ0v) is 14.3. The first-order valence-electron chi connectivity index (χ1n) is 8.58. The molecule has 1 unspecified atom stereocenters. The summed E-state index contributed by atoms with van der Waals surface area (Å²) in [6.45, 7) is 1.89. The monoisotopic (exact) mass is 350 g/mol. The number of rotatable bonds is 3. The first kappa shape index (κ1) is 16.3. The average Bonchev–Trinajstić information content (AvgIpc) is 3.14. The van der Waals surface area contributed by atoms with Crippen molar-refractivity contribution in [3.63, 3.8) is 0 Å². The minimum absolute atomic E-state index is 0.0278. The Morgan fingerprint density at radius 1 is 1.00 bits per heavy atom. The second-order valence-electron chi connectivity index (χ2n) is 6.55. The van der Waals surface area contributed by atoms with Gasteiger partial charge in [0.25, 0.3) is 11.8 Å². The summed E-state index contributed by atoms with van der Waals surface area (Å²) >= 11 is 0. The summed E-state index contributed by atoms with van der Waals surface area (Å²) in [5, 5.41) is 3.32. The van der Waals surface area contributed by atoms with E-state index in [9.17, 15) is 14.4 Å². The standard InChI is InChI=1S/C20H18N2O4/c1-12(21-20(25)26-22-17(23)10-11-18(22)24)19-15-8-4-2-6-13(15)14-7-3-5-9-16(14)19/h2-9,12,19H,10-11H2,1H3,(H,21,25). The van der Waals surface area contributed by atoms with Crippen LogP contribution in [0.15, 0.2) is 48.5 Å². The Balaban J connectivity index is 1.55. The maximum Gasteiger partial charge on any atom is 0.432 e. The van der Waals surface area contributed by atoms with Crippen LogP contribution in [0.5, 0.6) is 0 Å². The van der Waals surface area contributed by atoms with Gasteiger partial charge in [0.05, 0.1) is 0 Å². The van der Waals surface area contributed by atoms with E-state index in [1.54, 1.807) is 0 Å². The number of benzene rings is 2. The van der Waals surface area contributed by atoms with Crippen molar-refractivity contribution in [2.45, 2.75) is 31.7 Å². The molecule has 1 heterocycles. The highest BCUT2D eigenvalue weighted by molar-refractivity contribution is 6.01. The Labute approximate surface area is 150 Å². The maximum atomic E-state index is 12.2. The zero-order chi connectivity index (χ0) is 18.3. The van der Waals surface area contributed by atoms with E-state index in [0.717, 1.165) is 22.3 Å². The van der Waals surface area contributed by atoms with Gasteiger partial charge in [-0.2, -0.15) is 0 Å². The van der Waals surface area contributed by atoms with Crippen LogP contribution in [0.25, 0.3) is 11.1 Å². The average molecular weight is 350 g/mol. The molecule has 1 N–H and O–H groups in total. The van der Waals surface area contributed by atoms with E-state index in [1.807, 2.05) is 31.2 Å². The van der Waals surface area contributed by atoms with Crippen molar-refractivity contribution in [3.8, 4) is 11.1 Å². The number of amides is 3. The Bertz CT molecular complexity index is 847. The topological polar surface area (TPSA) is 75.7 Å². The van der Waals surface area contributed by atoms with Gasteiger partial charge in [-0.25, -0.2) is 4.79 Å². The molecule has 1 fully saturated rings. The molecule has 0 spiro atoms. The number of nitrogens with one attached hydrogen (secondary N) is 1. The van der Waals surface area contributed by atoms with E-state index in [1.165, 1.54) is 0 Å². The predicted molar refractivity (Wildman–Crippen MR) is 93.9 cm³/mol. The highest BCUT2D eigenvalue weighted by atomic mass is 16.7. The molecule has 26 heavy (non-hydrogen) atoms. The molecule has 3 amide bonds. The SMILES string of the molecule is CC(NC(=O)ON1C(=O)CCC1=O)C1c2ccccc2-c2ccccc21. The van der Waals surface area contributed by atoms with E-state index in [2.05, 4.69) is 29.6 Å². The lowest BCUT2D eigenvalue weighted by atomic mass is 9.90. The number of carbonyl (C=O) groups excluding carboxylic acids is 3. The van der Waals surface area contributed by atoms with Crippen molar-refractivity contribution in [3.05, 3.63) is 59.7 Å². The summed E-state index contributed by atoms with van der Waals surface area (Å²) in [7, 11) is 0. The lowest BCUT2D eigenvalue weighted by Gasteiger charge is -2.23. The molecule has 132 valence electrons. The largest absolute Gasteiger partial charge is 0.432 e. The lowest BCUT2D eigenvalue weighted by Crippen LogP contribution is -2.42. The van der Waals surface area contributed by atoms with Crippen LogP contribution in [0.3, 0.4) is 0 Å². The molecule has 1 aliphatic carbocycles. The summed E-state index contributed by atoms with van der Waals surface area (Å²) < 4.78 is 0. The van der Waals surface area contributed by atoms with Crippen LogP contribution < -0.4 is 5.32 Å². The molecule has 0 saturated carbocycles. The molecule has 6 heteroatoms. The smallest absolute Gasteiger partial charge is 0.316 e. The maximum absolute atomic E-state index is 12.2. The third-order valence-electron chi connectivity index (χ3n) is 4.91. The Morgan fingerprint density at radius 3 is 2.04 bits per heavy atom. The Morgan fingerprint density at radius 2 is 1.50 bits per heavy atom. The number of carbonyl (C=O) groups is 3. The van der Waals surface area contributed by atoms with Crippen molar-refractivity contribution in [2.75, 3.05) is 0 Å². The van der Waals surface area contributed by atoms with Gasteiger partial charge >= 0.3 is 6.09 Å². The second kappa shape index (κ2) is 6.29. The fourth-order valence-corrected chi connectivity index (χ4v) is 3.77. The minimum Gasteiger partial charge on any atom is -0.316 e. The molecule has 0 bridgehead atoms. The van der Waals surface area contributed by atoms with Gasteiger partial charge in [0, 0.05) is 24.8 Å². The second-order valence-corrected chi connectivity index (χ2v) is 6.55. The molecule has 2 aliphatic rings. The number of hydrogen-bond donors (Lipinski definition) is 1. The van der Waals surface area contributed by atoms with Crippen LogP contribution >= 0.6 is 0 Å². The normalized spacial score (nSPS) is 17.0. The van der Waals surface area contributed by atoms with Gasteiger partial charge in [0.2, 0.25) is 0 Å². The van der Waals surface area contributed by atoms with Crippen molar-refractivity contribution in [1.82, 2.24) is 10.4 Å². The Kier molecular flexibility index (Phi) is 3.95. The molecule has 6 nitrogen and oxygen atoms in total. The van der Waals surface area contributed by atoms with Gasteiger partial charge in [0.15, 0.2) is 0 Å². The van der Waals surface area contributed by atoms with Crippen molar-refractivity contribution in [2.24, 2.45) is 0 Å². The number of hydrogen-bond acceptors (Lipinski definition) is 4. The first-order chi connectivity index (χ1) is 12.6. The summed E-state index contributed by atoms with van der Waals surface area (Å²) in [4.78, 5) is 40.3. The fourth-order valence-electron chi connectivity index (χ4n) is 3.77. The molecule has 1 saturated heterocycles. The van der Waals surface area contributed by atoms with Gasteiger partial charge in [-0.1, -0.05) is 48.5 Å². The number of fused-ring (bicyclic) bond motifs is 3. The molecular weight excluding hydrogens is 332 g/mol. The van der Waals surface area contributed by atoms with Crippen molar-refractivity contribution >= 4 is 17.9 Å². The number of nitrogens with zero attached hydrogens (tertiary/aromatic N) is 1. The van der Waals surface area contributed by atoms with Gasteiger partial charge in [0.1, 0.15) is 0 Å². The molecule has 1 aliphatic heterocycles. The molecule has 0 aromatic heterocycles. The molecule has 2 aromatic rings. The highest BCUT2D eigenvalue weighted by Gasteiger charge is 2.36. The van der Waals surface area contributed by atoms with Crippen LogP contribution in [0, 0.1) is 0 Å². The third kappa shape index (κ3) is 2.63. The van der Waals surface area contributed by atoms with Gasteiger partial charge in [-0.15, -0.1) is 5.06 Å². The van der Waals surface area contributed by atoms with E-state index in [4.69, 9.17) is 4.84 Å². The molecule has 4 rings (SSSR count). The zero-order valence-electron chi connectivity index (χ0n) is 14.3. The lowest BCUT2D eigenvalue weighted by molar-refractivity contribution is -0.171. The van der Waals surface area contributed by atoms with Crippen molar-refractivity contribution < 1.29 is 19.2 Å². The van der Waals surface area contributed by atoms with Gasteiger partial charge < -0.3 is 10.2 Å². The predicted octanol–water partition coefficient (Wildman–Crippen LogP) is 2.98. The number of hydroxylamine groups is 2. The summed E-state index contributed by atoms with van der Waals surface area (Å²) in [6.07, 6.45) is -0.654. The van der Waals surface area contributed by atoms with Crippen LogP contribution in [0.1, 0.15) is 36.8 Å². The molecule has 0 radical (unpaired) electrons. The van der Waals surface area contributed by atoms with Crippen LogP contribution in [-0.4, -0.2) is 29.0 Å². The first-order valence-corrected chi connectivity index (χ1v) is 8.58. The van der Waals surface area contributed by atoms with Crippen LogP contribution in [-0.2, 0) is 14.4 Å². The van der Waals surface area contributed by atoms with E-state index < -0.39 is 17.9 Å². The minimum atomic E-state index is -0.803. The van der Waals surface area contributed by atoms with Gasteiger partial charge in [-0.3, -0.25) is 9.59 Å². The van der Waals surface area contributed by atoms with Crippen LogP contribution in [0.4, 0.5) is 4.79 Å². The summed E-state index contributed by atoms with van der Waals surface area (Å²) in [5.74, 6) is -1.01. The number of imide groups is 1. The molecular formula is C20H18N2O4.